The van der Waals surface area contributed by atoms with Crippen LogP contribution < -0.4 is 10.6 Å². The number of hydrogen-bond donors (Lipinski definition) is 2. The minimum absolute atomic E-state index is 0.406. The molecule has 1 rings (SSSR count). The molecule has 4 heteroatoms. The summed E-state index contributed by atoms with van der Waals surface area (Å²) in [6, 6.07) is 0. The molecule has 2 N–H and O–H groups in total. The Morgan fingerprint density at radius 2 is 1.63 bits per heavy atom. The lowest BCUT2D eigenvalue weighted by Gasteiger charge is -2.14. The van der Waals surface area contributed by atoms with E-state index in [0.717, 1.165) is 45.2 Å². The fraction of sp³-hybridized carbons (Fsp3) is 0.867. The van der Waals surface area contributed by atoms with Crippen LogP contribution in [0.2, 0.25) is 0 Å². The Balaban J connectivity index is 0. The lowest BCUT2D eigenvalue weighted by atomic mass is 9.91. The average Bonchev–Trinajstić information content (AvgIpc) is 2.51. The second kappa shape index (κ2) is 19.4. The van der Waals surface area contributed by atoms with Crippen LogP contribution in [0.1, 0.15) is 59.3 Å². The van der Waals surface area contributed by atoms with E-state index in [0.29, 0.717) is 12.3 Å². The highest BCUT2D eigenvalue weighted by atomic mass is 16.1. The van der Waals surface area contributed by atoms with Gasteiger partial charge in [0.2, 0.25) is 6.41 Å². The van der Waals surface area contributed by atoms with E-state index in [1.807, 2.05) is 13.8 Å². The van der Waals surface area contributed by atoms with Gasteiger partial charge >= 0.3 is 0 Å². The van der Waals surface area contributed by atoms with Gasteiger partial charge < -0.3 is 15.4 Å². The molecule has 19 heavy (non-hydrogen) atoms. The second-order valence-corrected chi connectivity index (χ2v) is 4.36. The van der Waals surface area contributed by atoms with Crippen molar-refractivity contribution in [1.29, 1.82) is 0 Å². The molecule has 0 unspecified atom stereocenters. The van der Waals surface area contributed by atoms with Crippen LogP contribution in [-0.4, -0.2) is 32.3 Å². The summed E-state index contributed by atoms with van der Waals surface area (Å²) in [5.74, 6) is 0.406. The Kier molecular flexibility index (Phi) is 20.9. The summed E-state index contributed by atoms with van der Waals surface area (Å²) < 4.78 is 0. The quantitative estimate of drug-likeness (QED) is 0.553. The van der Waals surface area contributed by atoms with Gasteiger partial charge in [0, 0.05) is 19.0 Å². The molecule has 0 aromatic carbocycles. The predicted molar refractivity (Wildman–Crippen MR) is 81.2 cm³/mol. The fourth-order valence-electron chi connectivity index (χ4n) is 1.79. The van der Waals surface area contributed by atoms with Gasteiger partial charge in [0.1, 0.15) is 6.29 Å². The Hall–Kier alpha value is -0.900. The molecule has 0 radical (unpaired) electrons. The molecule has 0 aromatic heterocycles. The molecular formula is C15H32N2O2. The van der Waals surface area contributed by atoms with E-state index in [1.54, 1.807) is 0 Å². The van der Waals surface area contributed by atoms with Crippen molar-refractivity contribution in [2.24, 2.45) is 5.92 Å². The summed E-state index contributed by atoms with van der Waals surface area (Å²) in [4.78, 5) is 19.9. The summed E-state index contributed by atoms with van der Waals surface area (Å²) in [6.45, 7) is 8.73. The van der Waals surface area contributed by atoms with E-state index in [1.165, 1.54) is 19.3 Å². The van der Waals surface area contributed by atoms with Crippen molar-refractivity contribution >= 4 is 12.7 Å². The number of amides is 1. The normalized spacial score (nSPS) is 14.3. The summed E-state index contributed by atoms with van der Waals surface area (Å²) in [5, 5.41) is 5.71. The molecule has 0 saturated heterocycles. The number of carbonyl (C=O) groups is 2. The van der Waals surface area contributed by atoms with Crippen molar-refractivity contribution < 1.29 is 9.59 Å². The maximum atomic E-state index is 10.2. The molecular weight excluding hydrogens is 240 g/mol. The molecule has 114 valence electrons. The number of hydrogen-bond acceptors (Lipinski definition) is 3. The number of rotatable bonds is 7. The maximum Gasteiger partial charge on any atom is 0.207 e. The van der Waals surface area contributed by atoms with E-state index in [-0.39, 0.29) is 0 Å². The maximum absolute atomic E-state index is 10.2. The molecule has 1 amide bonds. The molecule has 0 atom stereocenters. The zero-order chi connectivity index (χ0) is 14.8. The third-order valence-electron chi connectivity index (χ3n) is 2.80. The van der Waals surface area contributed by atoms with Crippen molar-refractivity contribution in [2.45, 2.75) is 59.3 Å². The van der Waals surface area contributed by atoms with E-state index in [2.05, 4.69) is 17.6 Å². The summed E-state index contributed by atoms with van der Waals surface area (Å²) in [6.07, 6.45) is 9.12. The molecule has 0 heterocycles. The summed E-state index contributed by atoms with van der Waals surface area (Å²) in [5.41, 5.74) is 0. The van der Waals surface area contributed by atoms with Gasteiger partial charge in [-0.25, -0.2) is 0 Å². The van der Waals surface area contributed by atoms with E-state index >= 15 is 0 Å². The first kappa shape index (κ1) is 20.4. The van der Waals surface area contributed by atoms with Crippen molar-refractivity contribution in [1.82, 2.24) is 10.6 Å². The van der Waals surface area contributed by atoms with Crippen LogP contribution in [0, 0.1) is 5.92 Å². The minimum atomic E-state index is 0.406. The van der Waals surface area contributed by atoms with Crippen molar-refractivity contribution in [2.75, 3.05) is 19.6 Å². The standard InChI is InChI=1S/C7H12O.C6H14N2O.C2H6/c8-6-7-4-2-1-3-5-7;1-2-3-7-4-5-8-6-9;1-2/h6-7H,1-5H2;6-7H,2-5H2,1H3,(H,8,9);1-2H3. The van der Waals surface area contributed by atoms with Crippen molar-refractivity contribution in [3.63, 3.8) is 0 Å². The van der Waals surface area contributed by atoms with Crippen LogP contribution in [0.4, 0.5) is 0 Å². The van der Waals surface area contributed by atoms with Gasteiger partial charge in [0.25, 0.3) is 0 Å². The smallest absolute Gasteiger partial charge is 0.207 e. The molecule has 0 aliphatic heterocycles. The van der Waals surface area contributed by atoms with Gasteiger partial charge in [0.15, 0.2) is 0 Å². The van der Waals surface area contributed by atoms with Crippen LogP contribution in [-0.2, 0) is 9.59 Å². The molecule has 4 nitrogen and oxygen atoms in total. The fourth-order valence-corrected chi connectivity index (χ4v) is 1.79. The van der Waals surface area contributed by atoms with Crippen molar-refractivity contribution in [3.05, 3.63) is 0 Å². The van der Waals surface area contributed by atoms with Gasteiger partial charge in [-0.15, -0.1) is 0 Å². The first-order chi connectivity index (χ1) is 9.35. The molecule has 1 fully saturated rings. The van der Waals surface area contributed by atoms with Gasteiger partial charge in [-0.3, -0.25) is 4.79 Å². The summed E-state index contributed by atoms with van der Waals surface area (Å²) in [7, 11) is 0. The second-order valence-electron chi connectivity index (χ2n) is 4.36. The monoisotopic (exact) mass is 272 g/mol. The number of aldehydes is 1. The zero-order valence-corrected chi connectivity index (χ0v) is 12.9. The molecule has 1 aliphatic rings. The SMILES string of the molecule is CC.CCCNCCNC=O.O=CC1CCCCC1. The Morgan fingerprint density at radius 1 is 1.00 bits per heavy atom. The molecule has 0 bridgehead atoms. The van der Waals surface area contributed by atoms with E-state index < -0.39 is 0 Å². The van der Waals surface area contributed by atoms with Crippen molar-refractivity contribution in [3.8, 4) is 0 Å². The van der Waals surface area contributed by atoms with Gasteiger partial charge in [-0.1, -0.05) is 40.0 Å². The minimum Gasteiger partial charge on any atom is -0.357 e. The number of nitrogens with one attached hydrogen (secondary N) is 2. The molecule has 1 aliphatic carbocycles. The third kappa shape index (κ3) is 17.1. The Bertz CT molecular complexity index is 181. The van der Waals surface area contributed by atoms with Crippen LogP contribution >= 0.6 is 0 Å². The van der Waals surface area contributed by atoms with Crippen LogP contribution in [0.5, 0.6) is 0 Å². The number of carbonyl (C=O) groups excluding carboxylic acids is 2. The highest BCUT2D eigenvalue weighted by Crippen LogP contribution is 2.21. The Morgan fingerprint density at radius 3 is 2.05 bits per heavy atom. The lowest BCUT2D eigenvalue weighted by molar-refractivity contribution is -0.112. The lowest BCUT2D eigenvalue weighted by Crippen LogP contribution is -2.26. The molecule has 1 saturated carbocycles. The highest BCUT2D eigenvalue weighted by Gasteiger charge is 2.10. The summed E-state index contributed by atoms with van der Waals surface area (Å²) >= 11 is 0. The average molecular weight is 272 g/mol. The van der Waals surface area contributed by atoms with Crippen LogP contribution in [0.25, 0.3) is 0 Å². The van der Waals surface area contributed by atoms with Gasteiger partial charge in [-0.2, -0.15) is 0 Å². The molecule has 0 aromatic rings. The van der Waals surface area contributed by atoms with E-state index in [4.69, 9.17) is 0 Å². The van der Waals surface area contributed by atoms with Gasteiger partial charge in [-0.05, 0) is 25.8 Å². The Labute approximate surface area is 118 Å². The largest absolute Gasteiger partial charge is 0.357 e. The predicted octanol–water partition coefficient (Wildman–Crippen LogP) is 2.52. The van der Waals surface area contributed by atoms with Gasteiger partial charge in [0.05, 0.1) is 0 Å². The van der Waals surface area contributed by atoms with E-state index in [9.17, 15) is 9.59 Å². The topological polar surface area (TPSA) is 58.2 Å². The molecule has 0 spiro atoms. The van der Waals surface area contributed by atoms with Crippen LogP contribution in [0.15, 0.2) is 0 Å². The third-order valence-corrected chi connectivity index (χ3v) is 2.80. The first-order valence-corrected chi connectivity index (χ1v) is 7.68. The zero-order valence-electron chi connectivity index (χ0n) is 12.9. The van der Waals surface area contributed by atoms with Crippen LogP contribution in [0.3, 0.4) is 0 Å². The first-order valence-electron chi connectivity index (χ1n) is 7.68. The highest BCUT2D eigenvalue weighted by molar-refractivity contribution is 5.53.